The Morgan fingerprint density at radius 2 is 2.04 bits per heavy atom. The van der Waals surface area contributed by atoms with E-state index in [0.717, 1.165) is 25.3 Å². The van der Waals surface area contributed by atoms with Crippen molar-refractivity contribution in [1.29, 1.82) is 0 Å². The molecule has 0 fully saturated rings. The summed E-state index contributed by atoms with van der Waals surface area (Å²) in [5.41, 5.74) is 1.85. The molecule has 1 amide bonds. The van der Waals surface area contributed by atoms with Gasteiger partial charge in [0.2, 0.25) is 0 Å². The number of nitrogens with zero attached hydrogens (tertiary/aromatic N) is 2. The van der Waals surface area contributed by atoms with Crippen molar-refractivity contribution in [3.8, 4) is 0 Å². The zero-order valence-corrected chi connectivity index (χ0v) is 14.4. The molecule has 1 heterocycles. The Hall–Kier alpha value is -2.40. The summed E-state index contributed by atoms with van der Waals surface area (Å²) in [5.74, 6) is 0.733. The average molecular weight is 327 g/mol. The molecule has 1 N–H and O–H groups in total. The van der Waals surface area contributed by atoms with E-state index >= 15 is 0 Å². The summed E-state index contributed by atoms with van der Waals surface area (Å²) in [6.45, 7) is 4.92. The molecule has 0 bridgehead atoms. The van der Waals surface area contributed by atoms with Gasteiger partial charge in [0.15, 0.2) is 0 Å². The topological polar surface area (TPSA) is 54.5 Å². The van der Waals surface area contributed by atoms with Crippen LogP contribution in [0.15, 0.2) is 48.7 Å². The zero-order chi connectivity index (χ0) is 17.2. The van der Waals surface area contributed by atoms with Crippen molar-refractivity contribution in [1.82, 2.24) is 10.3 Å². The number of carbonyl (C=O) groups excluding carboxylic acids is 1. The predicted molar refractivity (Wildman–Crippen MR) is 96.2 cm³/mol. The standard InChI is InChI=1S/C19H25N3O2/c1-3-22(15-16-8-5-4-6-9-16)18-14-17(10-12-20-18)19(23)21-11-7-13-24-2/h4-6,8-10,12,14H,3,7,11,13,15H2,1-2H3,(H,21,23). The van der Waals surface area contributed by atoms with Crippen LogP contribution in [0.5, 0.6) is 0 Å². The van der Waals surface area contributed by atoms with Gasteiger partial charge in [-0.15, -0.1) is 0 Å². The highest BCUT2D eigenvalue weighted by atomic mass is 16.5. The monoisotopic (exact) mass is 327 g/mol. The molecule has 1 aromatic carbocycles. The van der Waals surface area contributed by atoms with E-state index in [2.05, 4.69) is 34.3 Å². The summed E-state index contributed by atoms with van der Waals surface area (Å²) in [6.07, 6.45) is 2.49. The Labute approximate surface area is 143 Å². The van der Waals surface area contributed by atoms with Crippen LogP contribution in [0.25, 0.3) is 0 Å². The van der Waals surface area contributed by atoms with Crippen LogP contribution in [0.2, 0.25) is 0 Å². The second-order valence-electron chi connectivity index (χ2n) is 5.50. The molecule has 0 atom stereocenters. The second-order valence-corrected chi connectivity index (χ2v) is 5.50. The Balaban J connectivity index is 2.03. The van der Waals surface area contributed by atoms with E-state index in [1.807, 2.05) is 24.3 Å². The first-order valence-electron chi connectivity index (χ1n) is 8.26. The van der Waals surface area contributed by atoms with Crippen molar-refractivity contribution in [2.75, 3.05) is 31.7 Å². The van der Waals surface area contributed by atoms with Gasteiger partial charge in [-0.25, -0.2) is 4.98 Å². The van der Waals surface area contributed by atoms with Crippen LogP contribution in [0, 0.1) is 0 Å². The van der Waals surface area contributed by atoms with Crippen LogP contribution < -0.4 is 10.2 Å². The maximum atomic E-state index is 12.2. The largest absolute Gasteiger partial charge is 0.385 e. The van der Waals surface area contributed by atoms with E-state index < -0.39 is 0 Å². The minimum atomic E-state index is -0.0782. The fraction of sp³-hybridized carbons (Fsp3) is 0.368. The number of amides is 1. The first-order valence-corrected chi connectivity index (χ1v) is 8.26. The third kappa shape index (κ3) is 5.35. The highest BCUT2D eigenvalue weighted by molar-refractivity contribution is 5.94. The maximum absolute atomic E-state index is 12.2. The van der Waals surface area contributed by atoms with E-state index in [9.17, 15) is 4.79 Å². The van der Waals surface area contributed by atoms with Gasteiger partial charge in [0, 0.05) is 45.1 Å². The molecule has 0 spiro atoms. The van der Waals surface area contributed by atoms with E-state index in [4.69, 9.17) is 4.74 Å². The molecular formula is C19H25N3O2. The van der Waals surface area contributed by atoms with Gasteiger partial charge in [-0.2, -0.15) is 0 Å². The van der Waals surface area contributed by atoms with Crippen LogP contribution in [-0.2, 0) is 11.3 Å². The average Bonchev–Trinajstić information content (AvgIpc) is 2.64. The number of rotatable bonds is 9. The molecule has 24 heavy (non-hydrogen) atoms. The minimum Gasteiger partial charge on any atom is -0.385 e. The van der Waals surface area contributed by atoms with Crippen molar-refractivity contribution in [3.63, 3.8) is 0 Å². The third-order valence-corrected chi connectivity index (χ3v) is 3.74. The third-order valence-electron chi connectivity index (χ3n) is 3.74. The summed E-state index contributed by atoms with van der Waals surface area (Å²) in [5, 5.41) is 2.90. The quantitative estimate of drug-likeness (QED) is 0.720. The molecule has 0 aliphatic heterocycles. The Morgan fingerprint density at radius 1 is 1.25 bits per heavy atom. The van der Waals surface area contributed by atoms with Crippen LogP contribution in [-0.4, -0.2) is 37.7 Å². The number of anilines is 1. The van der Waals surface area contributed by atoms with Gasteiger partial charge in [-0.05, 0) is 31.0 Å². The molecule has 0 radical (unpaired) electrons. The van der Waals surface area contributed by atoms with E-state index in [-0.39, 0.29) is 5.91 Å². The lowest BCUT2D eigenvalue weighted by Crippen LogP contribution is -2.27. The van der Waals surface area contributed by atoms with Crippen LogP contribution in [0.4, 0.5) is 5.82 Å². The number of ether oxygens (including phenoxy) is 1. The molecular weight excluding hydrogens is 302 g/mol. The maximum Gasteiger partial charge on any atom is 0.251 e. The molecule has 128 valence electrons. The molecule has 0 aliphatic rings. The lowest BCUT2D eigenvalue weighted by molar-refractivity contribution is 0.0948. The van der Waals surface area contributed by atoms with Crippen molar-refractivity contribution < 1.29 is 9.53 Å². The Kier molecular flexibility index (Phi) is 7.23. The van der Waals surface area contributed by atoms with Gasteiger partial charge in [0.25, 0.3) is 5.91 Å². The summed E-state index contributed by atoms with van der Waals surface area (Å²) in [6, 6.07) is 13.8. The molecule has 0 aliphatic carbocycles. The van der Waals surface area contributed by atoms with Crippen LogP contribution in [0.1, 0.15) is 29.3 Å². The fourth-order valence-corrected chi connectivity index (χ4v) is 2.41. The molecule has 5 nitrogen and oxygen atoms in total. The number of nitrogens with one attached hydrogen (secondary N) is 1. The first kappa shape index (κ1) is 17.9. The van der Waals surface area contributed by atoms with E-state index in [1.165, 1.54) is 5.56 Å². The molecule has 2 rings (SSSR count). The van der Waals surface area contributed by atoms with Gasteiger partial charge < -0.3 is 15.0 Å². The Morgan fingerprint density at radius 3 is 2.75 bits per heavy atom. The molecule has 5 heteroatoms. The van der Waals surface area contributed by atoms with Gasteiger partial charge >= 0.3 is 0 Å². The summed E-state index contributed by atoms with van der Waals surface area (Å²) >= 11 is 0. The molecule has 0 saturated carbocycles. The fourth-order valence-electron chi connectivity index (χ4n) is 2.41. The molecule has 0 saturated heterocycles. The van der Waals surface area contributed by atoms with Gasteiger partial charge in [0.05, 0.1) is 0 Å². The molecule has 2 aromatic rings. The van der Waals surface area contributed by atoms with Gasteiger partial charge in [0.1, 0.15) is 5.82 Å². The Bertz CT molecular complexity index is 632. The second kappa shape index (κ2) is 9.67. The number of hydrogen-bond acceptors (Lipinski definition) is 4. The lowest BCUT2D eigenvalue weighted by Gasteiger charge is -2.22. The van der Waals surface area contributed by atoms with Crippen molar-refractivity contribution in [2.45, 2.75) is 19.9 Å². The van der Waals surface area contributed by atoms with Crippen molar-refractivity contribution in [3.05, 3.63) is 59.8 Å². The van der Waals surface area contributed by atoms with Gasteiger partial charge in [-0.1, -0.05) is 30.3 Å². The summed E-state index contributed by atoms with van der Waals surface area (Å²) < 4.78 is 4.98. The highest BCUT2D eigenvalue weighted by Gasteiger charge is 2.11. The summed E-state index contributed by atoms with van der Waals surface area (Å²) in [7, 11) is 1.66. The first-order chi connectivity index (χ1) is 11.7. The number of benzene rings is 1. The minimum absolute atomic E-state index is 0.0782. The number of hydrogen-bond donors (Lipinski definition) is 1. The number of pyridine rings is 1. The van der Waals surface area contributed by atoms with E-state index in [1.54, 1.807) is 19.4 Å². The number of methoxy groups -OCH3 is 1. The van der Waals surface area contributed by atoms with Crippen molar-refractivity contribution in [2.24, 2.45) is 0 Å². The van der Waals surface area contributed by atoms with Gasteiger partial charge in [-0.3, -0.25) is 4.79 Å². The lowest BCUT2D eigenvalue weighted by atomic mass is 10.2. The van der Waals surface area contributed by atoms with Crippen LogP contribution >= 0.6 is 0 Å². The number of aromatic nitrogens is 1. The molecule has 1 aromatic heterocycles. The SMILES string of the molecule is CCN(Cc1ccccc1)c1cc(C(=O)NCCCOC)ccn1. The summed E-state index contributed by atoms with van der Waals surface area (Å²) in [4.78, 5) is 18.8. The van der Waals surface area contributed by atoms with Crippen molar-refractivity contribution >= 4 is 11.7 Å². The highest BCUT2D eigenvalue weighted by Crippen LogP contribution is 2.16. The predicted octanol–water partition coefficient (Wildman–Crippen LogP) is 2.87. The zero-order valence-electron chi connectivity index (χ0n) is 14.4. The normalized spacial score (nSPS) is 10.4. The van der Waals surface area contributed by atoms with Crippen LogP contribution in [0.3, 0.4) is 0 Å². The smallest absolute Gasteiger partial charge is 0.251 e. The van der Waals surface area contributed by atoms with E-state index in [0.29, 0.717) is 18.7 Å². The number of carbonyl (C=O) groups is 1. The molecule has 0 unspecified atom stereocenters.